The molecule has 0 saturated carbocycles. The molecule has 2 aliphatic rings. The van der Waals surface area contributed by atoms with Gasteiger partial charge in [-0.2, -0.15) is 0 Å². The molecule has 0 aromatic carbocycles. The lowest BCUT2D eigenvalue weighted by Gasteiger charge is -2.46. The van der Waals surface area contributed by atoms with E-state index in [0.717, 1.165) is 13.0 Å². The van der Waals surface area contributed by atoms with Crippen molar-refractivity contribution in [2.24, 2.45) is 5.41 Å². The van der Waals surface area contributed by atoms with Gasteiger partial charge in [0.1, 0.15) is 0 Å². The molecule has 2 saturated heterocycles. The van der Waals surface area contributed by atoms with Crippen LogP contribution in [0.25, 0.3) is 0 Å². The van der Waals surface area contributed by atoms with Gasteiger partial charge in [0.2, 0.25) is 11.8 Å². The van der Waals surface area contributed by atoms with Crippen molar-refractivity contribution in [2.45, 2.75) is 39.7 Å². The van der Waals surface area contributed by atoms with Crippen LogP contribution >= 0.6 is 0 Å². The van der Waals surface area contributed by atoms with Crippen LogP contribution in [-0.4, -0.2) is 47.3 Å². The Morgan fingerprint density at radius 3 is 2.50 bits per heavy atom. The normalized spacial score (nSPS) is 23.1. The Hall–Kier alpha value is -1.06. The number of nitrogens with zero attached hydrogens (tertiary/aromatic N) is 2. The summed E-state index contributed by atoms with van der Waals surface area (Å²) in [4.78, 5) is 27.4. The van der Waals surface area contributed by atoms with E-state index in [4.69, 9.17) is 0 Å². The first-order chi connectivity index (χ1) is 7.50. The van der Waals surface area contributed by atoms with E-state index < -0.39 is 0 Å². The third-order valence-corrected chi connectivity index (χ3v) is 3.81. The van der Waals surface area contributed by atoms with Gasteiger partial charge in [-0.3, -0.25) is 9.59 Å². The van der Waals surface area contributed by atoms with Gasteiger partial charge in [-0.1, -0.05) is 6.92 Å². The predicted octanol–water partition coefficient (Wildman–Crippen LogP) is 0.866. The largest absolute Gasteiger partial charge is 0.340 e. The lowest BCUT2D eigenvalue weighted by molar-refractivity contribution is -0.154. The van der Waals surface area contributed by atoms with E-state index in [-0.39, 0.29) is 23.3 Å². The van der Waals surface area contributed by atoms with Crippen molar-refractivity contribution in [3.8, 4) is 0 Å². The molecule has 0 aromatic rings. The van der Waals surface area contributed by atoms with Crippen molar-refractivity contribution < 1.29 is 9.59 Å². The molecule has 0 bridgehead atoms. The third-order valence-electron chi connectivity index (χ3n) is 3.81. The monoisotopic (exact) mass is 224 g/mol. The molecule has 90 valence electrons. The molecule has 2 heterocycles. The molecule has 2 amide bonds. The van der Waals surface area contributed by atoms with Crippen LogP contribution in [0.15, 0.2) is 0 Å². The smallest absolute Gasteiger partial charge is 0.232 e. The topological polar surface area (TPSA) is 40.6 Å². The summed E-state index contributed by atoms with van der Waals surface area (Å²) >= 11 is 0. The average molecular weight is 224 g/mol. The maximum atomic E-state index is 12.2. The standard InChI is InChI=1S/C12H20N2O2/c1-4-10(15)13-7-12(8-13)5-6-14(9(2)3)11(12)16/h9H,4-8H2,1-3H3. The molecule has 0 unspecified atom stereocenters. The molecular formula is C12H20N2O2. The molecule has 4 nitrogen and oxygen atoms in total. The zero-order chi connectivity index (χ0) is 11.9. The minimum atomic E-state index is -0.227. The second-order valence-electron chi connectivity index (χ2n) is 5.23. The van der Waals surface area contributed by atoms with Crippen LogP contribution in [-0.2, 0) is 9.59 Å². The lowest BCUT2D eigenvalue weighted by Crippen LogP contribution is -2.61. The quantitative estimate of drug-likeness (QED) is 0.698. The SMILES string of the molecule is CCC(=O)N1CC2(CCN(C(C)C)C2=O)C1. The number of rotatable bonds is 2. The highest BCUT2D eigenvalue weighted by atomic mass is 16.2. The number of hydrogen-bond donors (Lipinski definition) is 0. The molecule has 0 atom stereocenters. The van der Waals surface area contributed by atoms with Gasteiger partial charge in [0, 0.05) is 32.1 Å². The molecular weight excluding hydrogens is 204 g/mol. The fraction of sp³-hybridized carbons (Fsp3) is 0.833. The first kappa shape index (κ1) is 11.4. The van der Waals surface area contributed by atoms with E-state index in [9.17, 15) is 9.59 Å². The van der Waals surface area contributed by atoms with Crippen LogP contribution in [0.2, 0.25) is 0 Å². The van der Waals surface area contributed by atoms with Crippen LogP contribution in [0.3, 0.4) is 0 Å². The maximum Gasteiger partial charge on any atom is 0.232 e. The van der Waals surface area contributed by atoms with Crippen LogP contribution in [0.1, 0.15) is 33.6 Å². The van der Waals surface area contributed by atoms with E-state index in [1.54, 1.807) is 0 Å². The van der Waals surface area contributed by atoms with Gasteiger partial charge in [-0.05, 0) is 20.3 Å². The van der Waals surface area contributed by atoms with E-state index in [1.807, 2.05) is 30.6 Å². The van der Waals surface area contributed by atoms with Crippen LogP contribution in [0, 0.1) is 5.41 Å². The summed E-state index contributed by atoms with van der Waals surface area (Å²) in [6.07, 6.45) is 1.45. The van der Waals surface area contributed by atoms with Crippen molar-refractivity contribution in [1.82, 2.24) is 9.80 Å². The Balaban J connectivity index is 1.99. The van der Waals surface area contributed by atoms with Crippen molar-refractivity contribution >= 4 is 11.8 Å². The summed E-state index contributed by atoms with van der Waals surface area (Å²) in [6, 6.07) is 0.280. The Kier molecular flexibility index (Phi) is 2.68. The van der Waals surface area contributed by atoms with Crippen molar-refractivity contribution in [2.75, 3.05) is 19.6 Å². The lowest BCUT2D eigenvalue weighted by atomic mass is 9.78. The molecule has 4 heteroatoms. The second-order valence-corrected chi connectivity index (χ2v) is 5.23. The fourth-order valence-electron chi connectivity index (χ4n) is 2.72. The van der Waals surface area contributed by atoms with E-state index in [2.05, 4.69) is 0 Å². The first-order valence-corrected chi connectivity index (χ1v) is 6.09. The molecule has 0 aromatic heterocycles. The van der Waals surface area contributed by atoms with Gasteiger partial charge in [0.25, 0.3) is 0 Å². The fourth-order valence-corrected chi connectivity index (χ4v) is 2.72. The third kappa shape index (κ3) is 1.51. The Labute approximate surface area is 96.6 Å². The van der Waals surface area contributed by atoms with Gasteiger partial charge >= 0.3 is 0 Å². The van der Waals surface area contributed by atoms with Gasteiger partial charge in [-0.25, -0.2) is 0 Å². The average Bonchev–Trinajstić information content (AvgIpc) is 2.52. The summed E-state index contributed by atoms with van der Waals surface area (Å²) in [5, 5.41) is 0. The number of amides is 2. The molecule has 16 heavy (non-hydrogen) atoms. The first-order valence-electron chi connectivity index (χ1n) is 6.09. The number of carbonyl (C=O) groups is 2. The highest BCUT2D eigenvalue weighted by Gasteiger charge is 2.55. The summed E-state index contributed by atoms with van der Waals surface area (Å²) in [6.45, 7) is 8.09. The predicted molar refractivity (Wildman–Crippen MR) is 60.8 cm³/mol. The van der Waals surface area contributed by atoms with Gasteiger partial charge in [0.05, 0.1) is 5.41 Å². The zero-order valence-electron chi connectivity index (χ0n) is 10.3. The molecule has 0 radical (unpaired) electrons. The second kappa shape index (κ2) is 3.75. The highest BCUT2D eigenvalue weighted by molar-refractivity contribution is 5.89. The maximum absolute atomic E-state index is 12.2. The van der Waals surface area contributed by atoms with E-state index in [1.165, 1.54) is 0 Å². The summed E-state index contributed by atoms with van der Waals surface area (Å²) in [7, 11) is 0. The van der Waals surface area contributed by atoms with Crippen LogP contribution in [0.5, 0.6) is 0 Å². The highest BCUT2D eigenvalue weighted by Crippen LogP contribution is 2.41. The number of carbonyl (C=O) groups excluding carboxylic acids is 2. The summed E-state index contributed by atoms with van der Waals surface area (Å²) in [5.41, 5.74) is -0.227. The summed E-state index contributed by atoms with van der Waals surface area (Å²) < 4.78 is 0. The minimum absolute atomic E-state index is 0.168. The molecule has 1 spiro atoms. The minimum Gasteiger partial charge on any atom is -0.340 e. The number of likely N-dealkylation sites (tertiary alicyclic amines) is 2. The zero-order valence-corrected chi connectivity index (χ0v) is 10.3. The van der Waals surface area contributed by atoms with Crippen LogP contribution in [0.4, 0.5) is 0 Å². The van der Waals surface area contributed by atoms with E-state index >= 15 is 0 Å². The molecule has 2 rings (SSSR count). The van der Waals surface area contributed by atoms with Crippen LogP contribution < -0.4 is 0 Å². The van der Waals surface area contributed by atoms with Crippen molar-refractivity contribution in [3.05, 3.63) is 0 Å². The Morgan fingerprint density at radius 2 is 2.06 bits per heavy atom. The van der Waals surface area contributed by atoms with E-state index in [0.29, 0.717) is 19.5 Å². The summed E-state index contributed by atoms with van der Waals surface area (Å²) in [5.74, 6) is 0.420. The Bertz CT molecular complexity index is 319. The van der Waals surface area contributed by atoms with Crippen molar-refractivity contribution in [3.63, 3.8) is 0 Å². The van der Waals surface area contributed by atoms with Gasteiger partial charge in [0.15, 0.2) is 0 Å². The molecule has 0 N–H and O–H groups in total. The number of hydrogen-bond acceptors (Lipinski definition) is 2. The van der Waals surface area contributed by atoms with Crippen molar-refractivity contribution in [1.29, 1.82) is 0 Å². The van der Waals surface area contributed by atoms with Gasteiger partial charge < -0.3 is 9.80 Å². The molecule has 2 aliphatic heterocycles. The molecule has 0 aliphatic carbocycles. The Morgan fingerprint density at radius 1 is 1.44 bits per heavy atom. The molecule has 2 fully saturated rings. The van der Waals surface area contributed by atoms with Gasteiger partial charge in [-0.15, -0.1) is 0 Å².